The van der Waals surface area contributed by atoms with E-state index in [0.717, 1.165) is 10.8 Å². The molecular weight excluding hydrogens is 474 g/mol. The van der Waals surface area contributed by atoms with Crippen LogP contribution in [0.1, 0.15) is 12.8 Å². The first kappa shape index (κ1) is 18.0. The number of hydrogen-bond acceptors (Lipinski definition) is 6. The highest BCUT2D eigenvalue weighted by Crippen LogP contribution is 2.12. The van der Waals surface area contributed by atoms with Crippen LogP contribution in [-0.4, -0.2) is 53.8 Å². The number of carboxylic acids is 1. The number of ether oxygens (including phenoxy) is 1. The predicted molar refractivity (Wildman–Crippen MR) is 76.7 cm³/mol. The van der Waals surface area contributed by atoms with Crippen molar-refractivity contribution >= 4 is 63.1 Å². The van der Waals surface area contributed by atoms with Crippen molar-refractivity contribution in [2.75, 3.05) is 4.43 Å². The Morgan fingerprint density at radius 2 is 1.67 bits per heavy atom. The molecule has 0 amide bonds. The third kappa shape index (κ3) is 6.24. The van der Waals surface area contributed by atoms with E-state index in [1.165, 1.54) is 0 Å². The summed E-state index contributed by atoms with van der Waals surface area (Å²) < 4.78 is 4.57. The lowest BCUT2D eigenvalue weighted by Crippen LogP contribution is -2.42. The van der Waals surface area contributed by atoms with Crippen molar-refractivity contribution in [3.8, 4) is 0 Å². The van der Waals surface area contributed by atoms with E-state index in [-0.39, 0.29) is 0 Å². The summed E-state index contributed by atoms with van der Waals surface area (Å²) in [5, 5.41) is 26.4. The van der Waals surface area contributed by atoms with Gasteiger partial charge in [0.15, 0.2) is 12.2 Å². The van der Waals surface area contributed by atoms with E-state index in [4.69, 9.17) is 15.3 Å². The standard InChI is InChI=1S/C9H12I2O7/c10-3-1-2-4(11)8(16)18-9(17)6(13)5(12)7(14)15/h4-6,12-13H,1-3H2,(H,14,15). The number of carboxylic acid groups (broad SMARTS) is 1. The molecule has 0 aromatic carbocycles. The highest BCUT2D eigenvalue weighted by Gasteiger charge is 2.33. The summed E-state index contributed by atoms with van der Waals surface area (Å²) in [5.41, 5.74) is 0. The maximum Gasteiger partial charge on any atom is 0.346 e. The van der Waals surface area contributed by atoms with Gasteiger partial charge < -0.3 is 20.1 Å². The van der Waals surface area contributed by atoms with Crippen LogP contribution in [0, 0.1) is 0 Å². The number of carbonyl (C=O) groups is 3. The minimum absolute atomic E-state index is 0.507. The first-order chi connectivity index (χ1) is 8.31. The van der Waals surface area contributed by atoms with Crippen molar-refractivity contribution in [2.45, 2.75) is 29.0 Å². The molecule has 0 aromatic heterocycles. The first-order valence-electron chi connectivity index (χ1n) is 4.85. The maximum atomic E-state index is 11.4. The molecule has 0 aliphatic rings. The van der Waals surface area contributed by atoms with Crippen LogP contribution in [0.25, 0.3) is 0 Å². The molecule has 0 aromatic rings. The lowest BCUT2D eigenvalue weighted by molar-refractivity contribution is -0.175. The minimum Gasteiger partial charge on any atom is -0.479 e. The number of aliphatic hydroxyl groups excluding tert-OH is 2. The highest BCUT2D eigenvalue weighted by atomic mass is 127. The van der Waals surface area contributed by atoms with Crippen molar-refractivity contribution in [2.24, 2.45) is 0 Å². The fraction of sp³-hybridized carbons (Fsp3) is 0.667. The Labute approximate surface area is 130 Å². The van der Waals surface area contributed by atoms with Gasteiger partial charge in [0, 0.05) is 0 Å². The Bertz CT molecular complexity index is 320. The molecule has 0 bridgehead atoms. The van der Waals surface area contributed by atoms with Gasteiger partial charge in [-0.2, -0.15) is 0 Å². The third-order valence-corrected chi connectivity index (χ3v) is 3.74. The van der Waals surface area contributed by atoms with Gasteiger partial charge in [-0.05, 0) is 17.3 Å². The molecule has 3 atom stereocenters. The smallest absolute Gasteiger partial charge is 0.346 e. The summed E-state index contributed by atoms with van der Waals surface area (Å²) in [4.78, 5) is 32.8. The van der Waals surface area contributed by atoms with E-state index in [0.29, 0.717) is 6.42 Å². The third-order valence-electron chi connectivity index (χ3n) is 1.84. The molecule has 0 rings (SSSR count). The quantitative estimate of drug-likeness (QED) is 0.199. The molecule has 0 fully saturated rings. The van der Waals surface area contributed by atoms with Crippen LogP contribution in [0.5, 0.6) is 0 Å². The monoisotopic (exact) mass is 486 g/mol. The average molecular weight is 486 g/mol. The first-order valence-corrected chi connectivity index (χ1v) is 7.62. The van der Waals surface area contributed by atoms with Gasteiger partial charge in [-0.15, -0.1) is 0 Å². The summed E-state index contributed by atoms with van der Waals surface area (Å²) in [5.74, 6) is -4.10. The molecule has 3 N–H and O–H groups in total. The molecule has 3 unspecified atom stereocenters. The summed E-state index contributed by atoms with van der Waals surface area (Å²) in [6.07, 6.45) is -3.32. The number of rotatable bonds is 7. The molecule has 0 spiro atoms. The number of esters is 2. The lowest BCUT2D eigenvalue weighted by Gasteiger charge is -2.13. The molecule has 9 heteroatoms. The highest BCUT2D eigenvalue weighted by molar-refractivity contribution is 14.1. The Hall–Kier alpha value is -0.0100. The van der Waals surface area contributed by atoms with Gasteiger partial charge in [0.2, 0.25) is 0 Å². The van der Waals surface area contributed by atoms with E-state index in [1.807, 2.05) is 0 Å². The zero-order valence-electron chi connectivity index (χ0n) is 9.08. The number of aliphatic carboxylic acids is 1. The lowest BCUT2D eigenvalue weighted by atomic mass is 10.2. The summed E-state index contributed by atoms with van der Waals surface area (Å²) >= 11 is 3.92. The molecule has 104 valence electrons. The van der Waals surface area contributed by atoms with Crippen molar-refractivity contribution in [1.82, 2.24) is 0 Å². The Balaban J connectivity index is 4.30. The van der Waals surface area contributed by atoms with E-state index >= 15 is 0 Å². The second-order valence-corrected chi connectivity index (χ2v) is 5.85. The normalized spacial score (nSPS) is 15.6. The van der Waals surface area contributed by atoms with Crippen molar-refractivity contribution < 1.29 is 34.4 Å². The fourth-order valence-electron chi connectivity index (χ4n) is 0.862. The summed E-state index contributed by atoms with van der Waals surface area (Å²) in [6.45, 7) is 0. The van der Waals surface area contributed by atoms with Crippen LogP contribution >= 0.6 is 45.2 Å². The van der Waals surface area contributed by atoms with Gasteiger partial charge >= 0.3 is 17.9 Å². The van der Waals surface area contributed by atoms with Crippen LogP contribution in [0.3, 0.4) is 0 Å². The number of halogens is 2. The molecular formula is C9H12I2O7. The summed E-state index contributed by atoms with van der Waals surface area (Å²) in [6, 6.07) is 0. The van der Waals surface area contributed by atoms with Crippen LogP contribution in [0.4, 0.5) is 0 Å². The molecule has 0 aliphatic carbocycles. The molecule has 0 aliphatic heterocycles. The van der Waals surface area contributed by atoms with Gasteiger partial charge in [0.25, 0.3) is 0 Å². The number of aliphatic hydroxyl groups is 2. The number of carbonyl (C=O) groups excluding carboxylic acids is 2. The molecule has 0 heterocycles. The second kappa shape index (κ2) is 8.98. The van der Waals surface area contributed by atoms with Crippen LogP contribution in [0.2, 0.25) is 0 Å². The van der Waals surface area contributed by atoms with E-state index in [9.17, 15) is 14.4 Å². The number of hydrogen-bond donors (Lipinski definition) is 3. The Morgan fingerprint density at radius 3 is 2.11 bits per heavy atom. The van der Waals surface area contributed by atoms with Crippen LogP contribution < -0.4 is 0 Å². The minimum atomic E-state index is -2.31. The van der Waals surface area contributed by atoms with Gasteiger partial charge in [-0.25, -0.2) is 9.59 Å². The predicted octanol–water partition coefficient (Wildman–Crippen LogP) is -0.119. The van der Waals surface area contributed by atoms with E-state index < -0.39 is 34.0 Å². The molecule has 0 radical (unpaired) electrons. The van der Waals surface area contributed by atoms with Gasteiger partial charge in [-0.3, -0.25) is 4.79 Å². The van der Waals surface area contributed by atoms with Gasteiger partial charge in [0.05, 0.1) is 0 Å². The van der Waals surface area contributed by atoms with Crippen LogP contribution in [0.15, 0.2) is 0 Å². The van der Waals surface area contributed by atoms with Crippen LogP contribution in [-0.2, 0) is 19.1 Å². The molecule has 0 saturated carbocycles. The largest absolute Gasteiger partial charge is 0.479 e. The van der Waals surface area contributed by atoms with Gasteiger partial charge in [-0.1, -0.05) is 45.2 Å². The van der Waals surface area contributed by atoms with Crippen molar-refractivity contribution in [1.29, 1.82) is 0 Å². The SMILES string of the molecule is O=C(OC(=O)C(O)C(O)C(=O)O)C(I)CCCI. The van der Waals surface area contributed by atoms with E-state index in [1.54, 1.807) is 22.6 Å². The zero-order chi connectivity index (χ0) is 14.3. The summed E-state index contributed by atoms with van der Waals surface area (Å²) in [7, 11) is 0. The fourth-order valence-corrected chi connectivity index (χ4v) is 1.87. The number of alkyl halides is 2. The maximum absolute atomic E-state index is 11.4. The second-order valence-electron chi connectivity index (χ2n) is 3.27. The zero-order valence-corrected chi connectivity index (χ0v) is 13.4. The van der Waals surface area contributed by atoms with Crippen molar-refractivity contribution in [3.05, 3.63) is 0 Å². The van der Waals surface area contributed by atoms with Gasteiger partial charge in [0.1, 0.15) is 3.92 Å². The van der Waals surface area contributed by atoms with E-state index in [2.05, 4.69) is 27.3 Å². The molecule has 18 heavy (non-hydrogen) atoms. The topological polar surface area (TPSA) is 121 Å². The Kier molecular flexibility index (Phi) is 8.98. The average Bonchev–Trinajstić information content (AvgIpc) is 2.33. The molecule has 7 nitrogen and oxygen atoms in total. The molecule has 0 saturated heterocycles. The van der Waals surface area contributed by atoms with Crippen molar-refractivity contribution in [3.63, 3.8) is 0 Å². The Morgan fingerprint density at radius 1 is 1.11 bits per heavy atom.